The van der Waals surface area contributed by atoms with Gasteiger partial charge in [-0.1, -0.05) is 35.2 Å². The monoisotopic (exact) mass is 346 g/mol. The first-order valence-corrected chi connectivity index (χ1v) is 8.75. The first-order chi connectivity index (χ1) is 11.1. The van der Waals surface area contributed by atoms with Crippen molar-refractivity contribution in [1.82, 2.24) is 4.98 Å². The summed E-state index contributed by atoms with van der Waals surface area (Å²) in [5, 5.41) is 0.525. The van der Waals surface area contributed by atoms with Gasteiger partial charge in [0.1, 0.15) is 5.76 Å². The smallest absolute Gasteiger partial charge is 0.239 e. The van der Waals surface area contributed by atoms with Gasteiger partial charge in [-0.15, -0.1) is 0 Å². The van der Waals surface area contributed by atoms with Crippen LogP contribution in [0, 0.1) is 0 Å². The highest BCUT2D eigenvalue weighted by molar-refractivity contribution is 8.14. The van der Waals surface area contributed by atoms with E-state index in [1.807, 2.05) is 30.3 Å². The second kappa shape index (κ2) is 6.97. The quantitative estimate of drug-likeness (QED) is 0.705. The molecular formula is C16H14N2O3S2. The van der Waals surface area contributed by atoms with Crippen molar-refractivity contribution in [2.75, 3.05) is 10.7 Å². The number of hydrogen-bond donors (Lipinski definition) is 0. The molecule has 0 aliphatic heterocycles. The Hall–Kier alpha value is -2.12. The van der Waals surface area contributed by atoms with Gasteiger partial charge in [0.2, 0.25) is 5.91 Å². The fourth-order valence-corrected chi connectivity index (χ4v) is 3.50. The molecule has 0 spiro atoms. The molecule has 118 valence electrons. The largest absolute Gasteiger partial charge is 0.467 e. The molecule has 1 amide bonds. The lowest BCUT2D eigenvalue weighted by molar-refractivity contribution is -0.116. The molecule has 0 unspecified atom stereocenters. The van der Waals surface area contributed by atoms with Gasteiger partial charge in [-0.3, -0.25) is 14.5 Å². The average Bonchev–Trinajstić information content (AvgIpc) is 3.18. The summed E-state index contributed by atoms with van der Waals surface area (Å²) in [5.74, 6) is 0.595. The van der Waals surface area contributed by atoms with Crippen molar-refractivity contribution >= 4 is 49.5 Å². The molecule has 0 atom stereocenters. The third-order valence-electron chi connectivity index (χ3n) is 3.11. The molecule has 7 heteroatoms. The summed E-state index contributed by atoms with van der Waals surface area (Å²) in [7, 11) is 0. The Bertz CT molecular complexity index is 794. The number of aromatic nitrogens is 1. The fourth-order valence-electron chi connectivity index (χ4n) is 2.04. The number of thioether (sulfide) groups is 1. The maximum atomic E-state index is 12.5. The number of rotatable bonds is 5. The van der Waals surface area contributed by atoms with E-state index in [0.29, 0.717) is 17.4 Å². The molecule has 0 saturated carbocycles. The Kier molecular flexibility index (Phi) is 4.78. The van der Waals surface area contributed by atoms with Crippen molar-refractivity contribution in [3.05, 3.63) is 48.4 Å². The average molecular weight is 346 g/mol. The summed E-state index contributed by atoms with van der Waals surface area (Å²) < 4.78 is 6.36. The number of hydrogen-bond acceptors (Lipinski definition) is 6. The molecule has 2 heterocycles. The SMILES string of the molecule is CC(=O)SCC(=O)N(Cc1ccco1)c1nc2ccccc2s1. The lowest BCUT2D eigenvalue weighted by Gasteiger charge is -2.18. The summed E-state index contributed by atoms with van der Waals surface area (Å²) in [4.78, 5) is 29.8. The van der Waals surface area contributed by atoms with Crippen LogP contribution in [-0.4, -0.2) is 21.8 Å². The highest BCUT2D eigenvalue weighted by atomic mass is 32.2. The predicted octanol–water partition coefficient (Wildman–Crippen LogP) is 3.70. The fraction of sp³-hybridized carbons (Fsp3) is 0.188. The van der Waals surface area contributed by atoms with Gasteiger partial charge < -0.3 is 4.42 Å². The topological polar surface area (TPSA) is 63.4 Å². The van der Waals surface area contributed by atoms with Gasteiger partial charge in [0, 0.05) is 6.92 Å². The zero-order chi connectivity index (χ0) is 16.2. The van der Waals surface area contributed by atoms with E-state index in [-0.39, 0.29) is 16.8 Å². The molecule has 0 N–H and O–H groups in total. The molecule has 5 nitrogen and oxygen atoms in total. The first kappa shape index (κ1) is 15.8. The highest BCUT2D eigenvalue weighted by Crippen LogP contribution is 2.30. The molecule has 0 radical (unpaired) electrons. The van der Waals surface area contributed by atoms with E-state index in [2.05, 4.69) is 4.98 Å². The van der Waals surface area contributed by atoms with Crippen LogP contribution in [0.4, 0.5) is 5.13 Å². The molecule has 0 aliphatic carbocycles. The number of fused-ring (bicyclic) bond motifs is 1. The zero-order valence-electron chi connectivity index (χ0n) is 12.4. The van der Waals surface area contributed by atoms with Gasteiger partial charge in [0.25, 0.3) is 0 Å². The van der Waals surface area contributed by atoms with E-state index in [1.54, 1.807) is 17.2 Å². The van der Waals surface area contributed by atoms with Crippen LogP contribution >= 0.6 is 23.1 Å². The Labute approximate surface area is 141 Å². The summed E-state index contributed by atoms with van der Waals surface area (Å²) in [6, 6.07) is 11.3. The van der Waals surface area contributed by atoms with Crippen molar-refractivity contribution in [2.45, 2.75) is 13.5 Å². The zero-order valence-corrected chi connectivity index (χ0v) is 14.0. The number of nitrogens with zero attached hydrogens (tertiary/aromatic N) is 2. The summed E-state index contributed by atoms with van der Waals surface area (Å²) in [5.41, 5.74) is 0.851. The van der Waals surface area contributed by atoms with E-state index in [4.69, 9.17) is 4.42 Å². The molecule has 0 aliphatic rings. The second-order valence-corrected chi connectivity index (χ2v) is 6.97. The Morgan fingerprint density at radius 1 is 1.26 bits per heavy atom. The molecule has 2 aromatic heterocycles. The maximum Gasteiger partial charge on any atom is 0.239 e. The van der Waals surface area contributed by atoms with Crippen molar-refractivity contribution in [3.63, 3.8) is 0 Å². The van der Waals surface area contributed by atoms with E-state index >= 15 is 0 Å². The minimum absolute atomic E-state index is 0.0828. The first-order valence-electron chi connectivity index (χ1n) is 6.95. The highest BCUT2D eigenvalue weighted by Gasteiger charge is 2.21. The minimum atomic E-state index is -0.166. The second-order valence-electron chi connectivity index (χ2n) is 4.80. The van der Waals surface area contributed by atoms with Crippen LogP contribution in [0.25, 0.3) is 10.2 Å². The number of furan rings is 1. The van der Waals surface area contributed by atoms with Gasteiger partial charge in [0.15, 0.2) is 10.2 Å². The molecule has 23 heavy (non-hydrogen) atoms. The lowest BCUT2D eigenvalue weighted by Crippen LogP contribution is -2.32. The molecule has 0 fully saturated rings. The molecule has 3 aromatic rings. The third-order valence-corrected chi connectivity index (χ3v) is 4.96. The van der Waals surface area contributed by atoms with Crippen LogP contribution in [0.5, 0.6) is 0 Å². The Balaban J connectivity index is 1.89. The lowest BCUT2D eigenvalue weighted by atomic mass is 10.3. The van der Waals surface area contributed by atoms with Crippen molar-refractivity contribution < 1.29 is 14.0 Å². The van der Waals surface area contributed by atoms with Crippen LogP contribution in [0.1, 0.15) is 12.7 Å². The summed E-state index contributed by atoms with van der Waals surface area (Å²) in [6.45, 7) is 1.75. The number of benzene rings is 1. The van der Waals surface area contributed by atoms with Crippen LogP contribution in [0.3, 0.4) is 0 Å². The number of anilines is 1. The maximum absolute atomic E-state index is 12.5. The molecule has 0 saturated heterocycles. The van der Waals surface area contributed by atoms with Crippen LogP contribution < -0.4 is 4.90 Å². The van der Waals surface area contributed by atoms with Gasteiger partial charge in [0.05, 0.1) is 28.8 Å². The van der Waals surface area contributed by atoms with Gasteiger partial charge >= 0.3 is 0 Å². The van der Waals surface area contributed by atoms with Crippen molar-refractivity contribution in [3.8, 4) is 0 Å². The van der Waals surface area contributed by atoms with Gasteiger partial charge in [-0.25, -0.2) is 4.98 Å². The number of carbonyl (C=O) groups excluding carboxylic acids is 2. The normalized spacial score (nSPS) is 10.8. The van der Waals surface area contributed by atoms with Gasteiger partial charge in [-0.2, -0.15) is 0 Å². The summed E-state index contributed by atoms with van der Waals surface area (Å²) in [6.07, 6.45) is 1.57. The van der Waals surface area contributed by atoms with E-state index in [0.717, 1.165) is 22.0 Å². The molecular weight excluding hydrogens is 332 g/mol. The number of amides is 1. The minimum Gasteiger partial charge on any atom is -0.467 e. The van der Waals surface area contributed by atoms with E-state index in [9.17, 15) is 9.59 Å². The number of thiazole rings is 1. The summed E-state index contributed by atoms with van der Waals surface area (Å²) >= 11 is 2.45. The molecule has 1 aromatic carbocycles. The van der Waals surface area contributed by atoms with Gasteiger partial charge in [-0.05, 0) is 24.3 Å². The van der Waals surface area contributed by atoms with Crippen molar-refractivity contribution in [1.29, 1.82) is 0 Å². The third kappa shape index (κ3) is 3.80. The van der Waals surface area contributed by atoms with E-state index < -0.39 is 0 Å². The van der Waals surface area contributed by atoms with E-state index in [1.165, 1.54) is 18.3 Å². The molecule has 0 bridgehead atoms. The number of carbonyl (C=O) groups is 2. The standard InChI is InChI=1S/C16H14N2O3S2/c1-11(19)22-10-15(20)18(9-12-5-4-8-21-12)16-17-13-6-2-3-7-14(13)23-16/h2-8H,9-10H2,1H3. The predicted molar refractivity (Wildman–Crippen MR) is 92.7 cm³/mol. The Morgan fingerprint density at radius 2 is 2.09 bits per heavy atom. The molecule has 3 rings (SSSR count). The van der Waals surface area contributed by atoms with Crippen LogP contribution in [-0.2, 0) is 16.1 Å². The van der Waals surface area contributed by atoms with Crippen LogP contribution in [0.2, 0.25) is 0 Å². The van der Waals surface area contributed by atoms with Crippen LogP contribution in [0.15, 0.2) is 47.1 Å². The van der Waals surface area contributed by atoms with Crippen molar-refractivity contribution in [2.24, 2.45) is 0 Å². The number of para-hydroxylation sites is 1. The Morgan fingerprint density at radius 3 is 2.78 bits per heavy atom.